The van der Waals surface area contributed by atoms with Crippen LogP contribution in [0.15, 0.2) is 24.3 Å². The second-order valence-electron chi connectivity index (χ2n) is 7.46. The number of nitro groups is 1. The molecule has 1 aromatic rings. The van der Waals surface area contributed by atoms with Crippen LogP contribution in [0.5, 0.6) is 0 Å². The molecule has 1 aliphatic heterocycles. The number of ether oxygens (including phenoxy) is 2. The molecular formula is C18H23FN2O5. The van der Waals surface area contributed by atoms with Gasteiger partial charge in [0.05, 0.1) is 23.1 Å². The van der Waals surface area contributed by atoms with E-state index in [1.165, 1.54) is 29.2 Å². The number of hydrogen-bond donors (Lipinski definition) is 0. The Morgan fingerprint density at radius 2 is 2.12 bits per heavy atom. The lowest BCUT2D eigenvalue weighted by atomic mass is 10.1. The third-order valence-corrected chi connectivity index (χ3v) is 3.82. The predicted octanol–water partition coefficient (Wildman–Crippen LogP) is 4.12. The Morgan fingerprint density at radius 3 is 2.69 bits per heavy atom. The highest BCUT2D eigenvalue weighted by molar-refractivity contribution is 5.71. The molecule has 7 nitrogen and oxygen atoms in total. The first kappa shape index (κ1) is 19.8. The highest BCUT2D eigenvalue weighted by Gasteiger charge is 2.44. The van der Waals surface area contributed by atoms with E-state index in [1.54, 1.807) is 34.6 Å². The lowest BCUT2D eigenvalue weighted by Crippen LogP contribution is -2.49. The Balaban J connectivity index is 2.32. The predicted molar refractivity (Wildman–Crippen MR) is 94.0 cm³/mol. The summed E-state index contributed by atoms with van der Waals surface area (Å²) >= 11 is 0. The Kier molecular flexibility index (Phi) is 5.36. The molecule has 142 valence electrons. The van der Waals surface area contributed by atoms with Crippen molar-refractivity contribution in [2.75, 3.05) is 6.61 Å². The molecule has 2 rings (SSSR count). The quantitative estimate of drug-likeness (QED) is 0.594. The molecule has 1 aliphatic rings. The van der Waals surface area contributed by atoms with Gasteiger partial charge in [-0.1, -0.05) is 12.1 Å². The largest absolute Gasteiger partial charge is 0.444 e. The third-order valence-electron chi connectivity index (χ3n) is 3.82. The van der Waals surface area contributed by atoms with Gasteiger partial charge in [-0.25, -0.2) is 9.18 Å². The summed E-state index contributed by atoms with van der Waals surface area (Å²) in [6.45, 7) is 8.87. The third kappa shape index (κ3) is 4.37. The van der Waals surface area contributed by atoms with Crippen molar-refractivity contribution in [3.8, 4) is 0 Å². The Bertz CT molecular complexity index is 740. The molecule has 1 fully saturated rings. The molecule has 0 bridgehead atoms. The molecule has 0 N–H and O–H groups in total. The average molecular weight is 366 g/mol. The van der Waals surface area contributed by atoms with E-state index in [9.17, 15) is 19.3 Å². The summed E-state index contributed by atoms with van der Waals surface area (Å²) in [5.74, 6) is -0.711. The molecule has 0 radical (unpaired) electrons. The second kappa shape index (κ2) is 7.03. The number of nitro benzene ring substituents is 1. The van der Waals surface area contributed by atoms with Crippen LogP contribution in [0.2, 0.25) is 0 Å². The maximum Gasteiger partial charge on any atom is 0.413 e. The summed E-state index contributed by atoms with van der Waals surface area (Å²) in [6, 6.07) is 3.11. The number of halogens is 1. The first-order chi connectivity index (χ1) is 11.9. The maximum absolute atomic E-state index is 14.0. The van der Waals surface area contributed by atoms with Crippen molar-refractivity contribution >= 4 is 17.9 Å². The van der Waals surface area contributed by atoms with E-state index in [0.29, 0.717) is 0 Å². The Morgan fingerprint density at radius 1 is 1.46 bits per heavy atom. The minimum absolute atomic E-state index is 0.147. The van der Waals surface area contributed by atoms with Crippen molar-refractivity contribution in [1.29, 1.82) is 0 Å². The summed E-state index contributed by atoms with van der Waals surface area (Å²) in [5, 5.41) is 11.1. The molecule has 0 aromatic heterocycles. The summed E-state index contributed by atoms with van der Waals surface area (Å²) < 4.78 is 25.1. The molecule has 0 spiro atoms. The van der Waals surface area contributed by atoms with E-state index in [4.69, 9.17) is 9.47 Å². The molecule has 0 saturated carbocycles. The minimum Gasteiger partial charge on any atom is -0.444 e. The first-order valence-electron chi connectivity index (χ1n) is 8.20. The van der Waals surface area contributed by atoms with E-state index in [1.807, 2.05) is 0 Å². The van der Waals surface area contributed by atoms with E-state index in [2.05, 4.69) is 0 Å². The molecule has 1 atom stereocenters. The zero-order chi connectivity index (χ0) is 19.7. The maximum atomic E-state index is 14.0. The van der Waals surface area contributed by atoms with Crippen molar-refractivity contribution in [3.05, 3.63) is 45.8 Å². The lowest BCUT2D eigenvalue weighted by Gasteiger charge is -2.34. The number of hydrogen-bond acceptors (Lipinski definition) is 5. The second-order valence-corrected chi connectivity index (χ2v) is 7.46. The molecule has 26 heavy (non-hydrogen) atoms. The van der Waals surface area contributed by atoms with Crippen LogP contribution in [0, 0.1) is 15.9 Å². The highest BCUT2D eigenvalue weighted by atomic mass is 19.1. The molecule has 0 unspecified atom stereocenters. The van der Waals surface area contributed by atoms with Gasteiger partial charge in [-0.3, -0.25) is 15.0 Å². The van der Waals surface area contributed by atoms with Crippen LogP contribution in [0.3, 0.4) is 0 Å². The molecule has 1 saturated heterocycles. The van der Waals surface area contributed by atoms with Crippen LogP contribution in [0.4, 0.5) is 14.9 Å². The van der Waals surface area contributed by atoms with Crippen LogP contribution in [-0.4, -0.2) is 39.9 Å². The van der Waals surface area contributed by atoms with E-state index >= 15 is 0 Å². The number of carbonyl (C=O) groups is 1. The van der Waals surface area contributed by atoms with Crippen molar-refractivity contribution in [2.24, 2.45) is 0 Å². The van der Waals surface area contributed by atoms with Crippen molar-refractivity contribution in [2.45, 2.75) is 52.0 Å². The van der Waals surface area contributed by atoms with Crippen LogP contribution < -0.4 is 0 Å². The number of carbonyl (C=O) groups excluding carboxylic acids is 1. The molecule has 8 heteroatoms. The number of amides is 1. The van der Waals surface area contributed by atoms with Gasteiger partial charge >= 0.3 is 6.09 Å². The smallest absolute Gasteiger partial charge is 0.413 e. The summed E-state index contributed by atoms with van der Waals surface area (Å²) in [5.41, 5.74) is -2.10. The van der Waals surface area contributed by atoms with Gasteiger partial charge in [0.2, 0.25) is 0 Å². The van der Waals surface area contributed by atoms with Crippen LogP contribution >= 0.6 is 0 Å². The van der Waals surface area contributed by atoms with Gasteiger partial charge in [0.1, 0.15) is 17.1 Å². The van der Waals surface area contributed by atoms with Gasteiger partial charge in [0.25, 0.3) is 5.69 Å². The Hall–Kier alpha value is -2.48. The van der Waals surface area contributed by atoms with E-state index in [0.717, 1.165) is 6.07 Å². The minimum atomic E-state index is -0.918. The SMILES string of the molecule is CC(C)(C)OC(=O)N1[C@@H](C=Cc2c(F)cccc2[N+](=O)[O-])COC1(C)C. The number of benzene rings is 1. The van der Waals surface area contributed by atoms with Crippen molar-refractivity contribution in [3.63, 3.8) is 0 Å². The summed E-state index contributed by atoms with van der Waals surface area (Å²) in [6.07, 6.45) is 2.25. The lowest BCUT2D eigenvalue weighted by molar-refractivity contribution is -0.385. The molecule has 1 aromatic carbocycles. The van der Waals surface area contributed by atoms with Gasteiger partial charge in [0.15, 0.2) is 0 Å². The zero-order valence-corrected chi connectivity index (χ0v) is 15.5. The fourth-order valence-corrected chi connectivity index (χ4v) is 2.70. The molecular weight excluding hydrogens is 343 g/mol. The van der Waals surface area contributed by atoms with Crippen molar-refractivity contribution in [1.82, 2.24) is 4.90 Å². The first-order valence-corrected chi connectivity index (χ1v) is 8.20. The average Bonchev–Trinajstić information content (AvgIpc) is 2.78. The molecule has 0 aliphatic carbocycles. The number of nitrogens with zero attached hydrogens (tertiary/aromatic N) is 2. The van der Waals surface area contributed by atoms with Gasteiger partial charge in [-0.15, -0.1) is 0 Å². The van der Waals surface area contributed by atoms with Gasteiger partial charge in [0, 0.05) is 6.07 Å². The topological polar surface area (TPSA) is 81.9 Å². The molecule has 1 amide bonds. The fraction of sp³-hybridized carbons (Fsp3) is 0.500. The summed E-state index contributed by atoms with van der Waals surface area (Å²) in [7, 11) is 0. The van der Waals surface area contributed by atoms with Crippen LogP contribution in [0.1, 0.15) is 40.2 Å². The number of rotatable bonds is 3. The highest BCUT2D eigenvalue weighted by Crippen LogP contribution is 2.31. The zero-order valence-electron chi connectivity index (χ0n) is 15.5. The summed E-state index contributed by atoms with van der Waals surface area (Å²) in [4.78, 5) is 24.4. The van der Waals surface area contributed by atoms with Gasteiger partial charge in [-0.05, 0) is 46.8 Å². The van der Waals surface area contributed by atoms with Gasteiger partial charge in [-0.2, -0.15) is 0 Å². The van der Waals surface area contributed by atoms with Gasteiger partial charge < -0.3 is 9.47 Å². The standard InChI is InChI=1S/C18H23FN2O5/c1-17(2,3)26-16(22)20-12(11-25-18(20,4)5)9-10-13-14(19)7-6-8-15(13)21(23)24/h6-10,12H,11H2,1-5H3/t12-/m0/s1. The fourth-order valence-electron chi connectivity index (χ4n) is 2.70. The van der Waals surface area contributed by atoms with Crippen LogP contribution in [0.25, 0.3) is 6.08 Å². The van der Waals surface area contributed by atoms with E-state index < -0.39 is 34.2 Å². The molecule has 1 heterocycles. The monoisotopic (exact) mass is 366 g/mol. The van der Waals surface area contributed by atoms with Crippen molar-refractivity contribution < 1.29 is 23.6 Å². The normalized spacial score (nSPS) is 19.8. The van der Waals surface area contributed by atoms with Crippen LogP contribution in [-0.2, 0) is 9.47 Å². The Labute approximate surface area is 151 Å². The van der Waals surface area contributed by atoms with E-state index in [-0.39, 0.29) is 17.9 Å².